The van der Waals surface area contributed by atoms with E-state index in [4.69, 9.17) is 11.6 Å². The van der Waals surface area contributed by atoms with E-state index in [1.165, 1.54) is 0 Å². The minimum Gasteiger partial charge on any atom is -0.493 e. The Labute approximate surface area is 169 Å². The zero-order valence-electron chi connectivity index (χ0n) is 15.6. The molecule has 4 rings (SSSR count). The van der Waals surface area contributed by atoms with Gasteiger partial charge in [-0.05, 0) is 38.1 Å². The van der Waals surface area contributed by atoms with Crippen LogP contribution in [0, 0.1) is 0 Å². The average molecular weight is 412 g/mol. The van der Waals surface area contributed by atoms with Crippen LogP contribution in [0.25, 0.3) is 11.7 Å². The van der Waals surface area contributed by atoms with Crippen molar-refractivity contribution in [2.24, 2.45) is 4.99 Å². The van der Waals surface area contributed by atoms with Crippen LogP contribution in [0.1, 0.15) is 19.5 Å². The van der Waals surface area contributed by atoms with Crippen molar-refractivity contribution in [3.8, 4) is 5.88 Å². The molecule has 0 saturated heterocycles. The van der Waals surface area contributed by atoms with Gasteiger partial charge in [0.2, 0.25) is 5.88 Å². The Kier molecular flexibility index (Phi) is 4.81. The van der Waals surface area contributed by atoms with Gasteiger partial charge in [-0.2, -0.15) is 9.61 Å². The molecule has 0 amide bonds. The molecule has 0 aliphatic heterocycles. The Morgan fingerprint density at radius 3 is 2.83 bits per heavy atom. The highest BCUT2D eigenvalue weighted by atomic mass is 35.5. The molecular weight excluding hydrogens is 394 g/mol. The van der Waals surface area contributed by atoms with E-state index < -0.39 is 5.69 Å². The summed E-state index contributed by atoms with van der Waals surface area (Å²) in [5.41, 5.74) is 1.64. The van der Waals surface area contributed by atoms with Gasteiger partial charge in [0.1, 0.15) is 11.5 Å². The van der Waals surface area contributed by atoms with E-state index in [0.717, 1.165) is 5.69 Å². The Bertz CT molecular complexity index is 1370. The molecular formula is C19H18ClN7O2. The number of rotatable bonds is 4. The summed E-state index contributed by atoms with van der Waals surface area (Å²) in [6.07, 6.45) is 3.18. The highest BCUT2D eigenvalue weighted by molar-refractivity contribution is 6.30. The Hall–Kier alpha value is -3.59. The van der Waals surface area contributed by atoms with Crippen LogP contribution >= 0.6 is 11.6 Å². The first-order chi connectivity index (χ1) is 13.9. The van der Waals surface area contributed by atoms with Gasteiger partial charge in [-0.1, -0.05) is 17.7 Å². The van der Waals surface area contributed by atoms with Crippen LogP contribution in [0.3, 0.4) is 0 Å². The van der Waals surface area contributed by atoms with Gasteiger partial charge < -0.3 is 15.4 Å². The summed E-state index contributed by atoms with van der Waals surface area (Å²) >= 11 is 6.07. The Balaban J connectivity index is 1.92. The molecule has 0 spiro atoms. The molecule has 0 radical (unpaired) electrons. The van der Waals surface area contributed by atoms with Gasteiger partial charge in [0.25, 0.3) is 0 Å². The van der Waals surface area contributed by atoms with Crippen molar-refractivity contribution in [1.29, 1.82) is 0 Å². The van der Waals surface area contributed by atoms with Crippen molar-refractivity contribution >= 4 is 34.8 Å². The number of imidazole rings is 1. The lowest BCUT2D eigenvalue weighted by Gasteiger charge is -2.07. The molecule has 0 aliphatic rings. The van der Waals surface area contributed by atoms with E-state index in [9.17, 15) is 9.90 Å². The number of nitrogens with one attached hydrogen (secondary N) is 3. The van der Waals surface area contributed by atoms with Gasteiger partial charge in [0.15, 0.2) is 11.1 Å². The Morgan fingerprint density at radius 2 is 2.14 bits per heavy atom. The van der Waals surface area contributed by atoms with Crippen LogP contribution in [0.5, 0.6) is 5.88 Å². The predicted octanol–water partition coefficient (Wildman–Crippen LogP) is 1.71. The zero-order valence-corrected chi connectivity index (χ0v) is 16.4. The molecule has 0 saturated carbocycles. The number of H-pyrrole nitrogens is 2. The summed E-state index contributed by atoms with van der Waals surface area (Å²) in [5, 5.41) is 18.6. The number of benzene rings is 1. The topological polar surface area (TPSA) is 123 Å². The van der Waals surface area contributed by atoms with Crippen LogP contribution in [0.2, 0.25) is 5.02 Å². The summed E-state index contributed by atoms with van der Waals surface area (Å²) in [6, 6.07) is 9.13. The summed E-state index contributed by atoms with van der Waals surface area (Å²) in [4.78, 5) is 25.4. The van der Waals surface area contributed by atoms with E-state index >= 15 is 0 Å². The maximum atomic E-state index is 11.4. The zero-order chi connectivity index (χ0) is 20.5. The van der Waals surface area contributed by atoms with Gasteiger partial charge in [-0.25, -0.2) is 9.78 Å². The molecule has 0 fully saturated rings. The minimum atomic E-state index is -0.503. The summed E-state index contributed by atoms with van der Waals surface area (Å²) in [7, 11) is 0. The molecule has 3 aromatic heterocycles. The number of fused-ring (bicyclic) bond motifs is 1. The number of aromatic amines is 2. The first-order valence-corrected chi connectivity index (χ1v) is 9.25. The second-order valence-corrected chi connectivity index (χ2v) is 7.12. The van der Waals surface area contributed by atoms with Gasteiger partial charge in [-0.15, -0.1) is 0 Å². The van der Waals surface area contributed by atoms with E-state index in [-0.39, 0.29) is 17.6 Å². The second kappa shape index (κ2) is 7.44. The SMILES string of the molecule is CC(C)N=c1cc(Nc2cccc(Cl)c2)nc2/c(=C\c3[nH]c(=O)[nH]c3O)cnn12. The van der Waals surface area contributed by atoms with Gasteiger partial charge in [-0.3, -0.25) is 9.98 Å². The van der Waals surface area contributed by atoms with Crippen molar-refractivity contribution in [1.82, 2.24) is 24.6 Å². The van der Waals surface area contributed by atoms with Crippen LogP contribution in [-0.2, 0) is 0 Å². The quantitative estimate of drug-likeness (QED) is 0.407. The monoisotopic (exact) mass is 411 g/mol. The number of aromatic hydroxyl groups is 1. The number of nitrogens with zero attached hydrogens (tertiary/aromatic N) is 4. The molecule has 9 nitrogen and oxygen atoms in total. The first kappa shape index (κ1) is 18.8. The van der Waals surface area contributed by atoms with Crippen molar-refractivity contribution in [2.45, 2.75) is 19.9 Å². The van der Waals surface area contributed by atoms with E-state index in [1.807, 2.05) is 26.0 Å². The molecule has 3 heterocycles. The highest BCUT2D eigenvalue weighted by Gasteiger charge is 2.09. The normalized spacial score (nSPS) is 13.0. The highest BCUT2D eigenvalue weighted by Crippen LogP contribution is 2.18. The molecule has 10 heteroatoms. The molecule has 1 aromatic carbocycles. The van der Waals surface area contributed by atoms with Crippen LogP contribution in [0.15, 0.2) is 46.3 Å². The number of halogens is 1. The number of anilines is 2. The standard InChI is InChI=1S/C19H18ClN7O2/c1-10(2)22-16-8-15(23-13-5-3-4-12(20)7-13)25-17-11(9-21-27(16)17)6-14-18(28)26-19(29)24-14/h3-10,23,28H,1-2H3,(H2,24,26,29)/b11-6-,22-16?. The third-order valence-corrected chi connectivity index (χ3v) is 4.24. The second-order valence-electron chi connectivity index (χ2n) is 6.68. The molecule has 0 unspecified atom stereocenters. The molecule has 4 aromatic rings. The molecule has 0 aliphatic carbocycles. The maximum Gasteiger partial charge on any atom is 0.326 e. The van der Waals surface area contributed by atoms with Crippen LogP contribution in [-0.4, -0.2) is 35.7 Å². The first-order valence-electron chi connectivity index (χ1n) is 8.87. The lowest BCUT2D eigenvalue weighted by molar-refractivity contribution is 0.454. The van der Waals surface area contributed by atoms with Gasteiger partial charge in [0.05, 0.1) is 6.20 Å². The maximum absolute atomic E-state index is 11.4. The number of hydrogen-bond donors (Lipinski definition) is 4. The van der Waals surface area contributed by atoms with Gasteiger partial charge >= 0.3 is 5.69 Å². The summed E-state index contributed by atoms with van der Waals surface area (Å²) < 4.78 is 1.61. The van der Waals surface area contributed by atoms with Crippen LogP contribution < -0.4 is 21.7 Å². The van der Waals surface area contributed by atoms with E-state index in [2.05, 4.69) is 30.4 Å². The van der Waals surface area contributed by atoms with Crippen LogP contribution in [0.4, 0.5) is 11.5 Å². The van der Waals surface area contributed by atoms with Crippen molar-refractivity contribution < 1.29 is 5.11 Å². The summed E-state index contributed by atoms with van der Waals surface area (Å²) in [6.45, 7) is 3.94. The van der Waals surface area contributed by atoms with Crippen molar-refractivity contribution in [3.63, 3.8) is 0 Å². The molecule has 148 valence electrons. The lowest BCUT2D eigenvalue weighted by Crippen LogP contribution is -2.20. The summed E-state index contributed by atoms with van der Waals surface area (Å²) in [5.74, 6) is 0.302. The Morgan fingerprint density at radius 1 is 1.31 bits per heavy atom. The minimum absolute atomic E-state index is 0.0429. The third-order valence-electron chi connectivity index (χ3n) is 4.00. The smallest absolute Gasteiger partial charge is 0.326 e. The lowest BCUT2D eigenvalue weighted by atomic mass is 10.3. The van der Waals surface area contributed by atoms with Gasteiger partial charge in [0, 0.05) is 28.0 Å². The number of aromatic nitrogens is 5. The van der Waals surface area contributed by atoms with Crippen molar-refractivity contribution in [3.05, 3.63) is 68.4 Å². The van der Waals surface area contributed by atoms with Crippen molar-refractivity contribution in [2.75, 3.05) is 5.32 Å². The predicted molar refractivity (Wildman–Crippen MR) is 110 cm³/mol. The van der Waals surface area contributed by atoms with E-state index in [1.54, 1.807) is 35.0 Å². The number of hydrogen-bond acceptors (Lipinski definition) is 6. The fourth-order valence-corrected chi connectivity index (χ4v) is 3.04. The fourth-order valence-electron chi connectivity index (χ4n) is 2.85. The largest absolute Gasteiger partial charge is 0.493 e. The molecule has 0 bridgehead atoms. The van der Waals surface area contributed by atoms with E-state index in [0.29, 0.717) is 27.2 Å². The third kappa shape index (κ3) is 3.99. The average Bonchev–Trinajstić information content (AvgIpc) is 3.18. The molecule has 0 atom stereocenters. The molecule has 4 N–H and O–H groups in total. The fraction of sp³-hybridized carbons (Fsp3) is 0.158. The molecule has 29 heavy (non-hydrogen) atoms.